The van der Waals surface area contributed by atoms with Crippen LogP contribution in [0.5, 0.6) is 0 Å². The molecular weight excluding hydrogens is 181 g/mol. The number of halogens is 1. The molecule has 0 N–H and O–H groups in total. The highest BCUT2D eigenvalue weighted by atomic mass is 19.1. The van der Waals surface area contributed by atoms with E-state index in [0.29, 0.717) is 5.69 Å². The van der Waals surface area contributed by atoms with Crippen LogP contribution in [0, 0.1) is 17.1 Å². The molecule has 0 atom stereocenters. The highest BCUT2D eigenvalue weighted by Crippen LogP contribution is 2.18. The highest BCUT2D eigenvalue weighted by Gasteiger charge is 2.01. The van der Waals surface area contributed by atoms with E-state index in [4.69, 9.17) is 5.26 Å². The third-order valence-corrected chi connectivity index (χ3v) is 1.51. The van der Waals surface area contributed by atoms with Crippen molar-refractivity contribution in [3.05, 3.63) is 29.6 Å². The van der Waals surface area contributed by atoms with Crippen LogP contribution in [-0.2, 0) is 0 Å². The normalized spacial score (nSPS) is 10.1. The fraction of sp³-hybridized carbons (Fsp3) is 0.200. The van der Waals surface area contributed by atoms with Crippen molar-refractivity contribution >= 4 is 12.0 Å². The van der Waals surface area contributed by atoms with Gasteiger partial charge in [0.1, 0.15) is 11.9 Å². The number of nitrogens with zero attached hydrogens (tertiary/aromatic N) is 3. The van der Waals surface area contributed by atoms with Crippen molar-refractivity contribution in [2.24, 2.45) is 4.99 Å². The molecule has 0 saturated heterocycles. The maximum atomic E-state index is 12.7. The SMILES string of the molecule is CN(C)/C=N/c1ccc(F)cc1C#N. The van der Waals surface area contributed by atoms with Crippen LogP contribution in [0.25, 0.3) is 0 Å². The molecule has 0 aliphatic rings. The van der Waals surface area contributed by atoms with Crippen LogP contribution in [0.2, 0.25) is 0 Å². The molecule has 4 heteroatoms. The Morgan fingerprint density at radius 2 is 2.21 bits per heavy atom. The Hall–Kier alpha value is -1.89. The lowest BCUT2D eigenvalue weighted by molar-refractivity contribution is 0.627. The molecule has 3 nitrogen and oxygen atoms in total. The molecule has 0 saturated carbocycles. The molecule has 0 radical (unpaired) electrons. The van der Waals surface area contributed by atoms with E-state index in [2.05, 4.69) is 4.99 Å². The molecule has 0 aliphatic heterocycles. The van der Waals surface area contributed by atoms with Crippen LogP contribution in [0.1, 0.15) is 5.56 Å². The predicted molar refractivity (Wildman–Crippen MR) is 53.0 cm³/mol. The van der Waals surface area contributed by atoms with Gasteiger partial charge in [-0.2, -0.15) is 5.26 Å². The van der Waals surface area contributed by atoms with E-state index in [0.717, 1.165) is 0 Å². The Kier molecular flexibility index (Phi) is 3.19. The van der Waals surface area contributed by atoms with E-state index in [1.807, 2.05) is 20.2 Å². The molecular formula is C10H10FN3. The quantitative estimate of drug-likeness (QED) is 0.529. The van der Waals surface area contributed by atoms with Crippen molar-refractivity contribution < 1.29 is 4.39 Å². The van der Waals surface area contributed by atoms with Crippen LogP contribution < -0.4 is 0 Å². The molecule has 14 heavy (non-hydrogen) atoms. The van der Waals surface area contributed by atoms with E-state index in [-0.39, 0.29) is 5.56 Å². The minimum absolute atomic E-state index is 0.239. The van der Waals surface area contributed by atoms with Crippen LogP contribution in [0.15, 0.2) is 23.2 Å². The lowest BCUT2D eigenvalue weighted by atomic mass is 10.2. The summed E-state index contributed by atoms with van der Waals surface area (Å²) in [4.78, 5) is 5.77. The van der Waals surface area contributed by atoms with Crippen molar-refractivity contribution in [3.8, 4) is 6.07 Å². The zero-order chi connectivity index (χ0) is 10.6. The maximum absolute atomic E-state index is 12.7. The summed E-state index contributed by atoms with van der Waals surface area (Å²) in [6.07, 6.45) is 1.56. The fourth-order valence-electron chi connectivity index (χ4n) is 0.888. The van der Waals surface area contributed by atoms with E-state index in [1.165, 1.54) is 18.2 Å². The number of aliphatic imine (C=N–C) groups is 1. The predicted octanol–water partition coefficient (Wildman–Crippen LogP) is 1.92. The van der Waals surface area contributed by atoms with Gasteiger partial charge in [-0.1, -0.05) is 0 Å². The Morgan fingerprint density at radius 1 is 1.50 bits per heavy atom. The summed E-state index contributed by atoms with van der Waals surface area (Å²) in [6.45, 7) is 0. The first-order valence-corrected chi connectivity index (χ1v) is 4.04. The third-order valence-electron chi connectivity index (χ3n) is 1.51. The van der Waals surface area contributed by atoms with E-state index < -0.39 is 5.82 Å². The standard InChI is InChI=1S/C10H10FN3/c1-14(2)7-13-10-4-3-9(11)5-8(10)6-12/h3-5,7H,1-2H3/b13-7+. The smallest absolute Gasteiger partial charge is 0.124 e. The second kappa shape index (κ2) is 4.38. The summed E-state index contributed by atoms with van der Waals surface area (Å²) in [7, 11) is 3.64. The molecule has 0 heterocycles. The molecule has 1 aromatic rings. The number of benzene rings is 1. The second-order valence-electron chi connectivity index (χ2n) is 2.98. The maximum Gasteiger partial charge on any atom is 0.124 e. The molecule has 0 fully saturated rings. The average molecular weight is 191 g/mol. The molecule has 1 aromatic carbocycles. The van der Waals surface area contributed by atoms with E-state index in [9.17, 15) is 4.39 Å². The van der Waals surface area contributed by atoms with E-state index in [1.54, 1.807) is 11.2 Å². The molecule has 1 rings (SSSR count). The summed E-state index contributed by atoms with van der Waals surface area (Å²) >= 11 is 0. The van der Waals surface area contributed by atoms with Gasteiger partial charge >= 0.3 is 0 Å². The summed E-state index contributed by atoms with van der Waals surface area (Å²) in [5, 5.41) is 8.70. The lowest BCUT2D eigenvalue weighted by Gasteiger charge is -2.03. The summed E-state index contributed by atoms with van der Waals surface area (Å²) in [5.74, 6) is -0.426. The number of nitriles is 1. The van der Waals surface area contributed by atoms with Gasteiger partial charge in [-0.15, -0.1) is 0 Å². The number of hydrogen-bond donors (Lipinski definition) is 0. The highest BCUT2D eigenvalue weighted by molar-refractivity contribution is 5.64. The largest absolute Gasteiger partial charge is 0.369 e. The lowest BCUT2D eigenvalue weighted by Crippen LogP contribution is -2.07. The Labute approximate surface area is 82.1 Å². The first-order valence-electron chi connectivity index (χ1n) is 4.04. The molecule has 72 valence electrons. The van der Waals surface area contributed by atoms with Crippen molar-refractivity contribution in [1.82, 2.24) is 4.90 Å². The second-order valence-corrected chi connectivity index (χ2v) is 2.98. The van der Waals surface area contributed by atoms with Crippen LogP contribution in [0.3, 0.4) is 0 Å². The van der Waals surface area contributed by atoms with Crippen LogP contribution in [0.4, 0.5) is 10.1 Å². The van der Waals surface area contributed by atoms with Gasteiger partial charge in [0.05, 0.1) is 17.6 Å². The Morgan fingerprint density at radius 3 is 2.79 bits per heavy atom. The summed E-state index contributed by atoms with van der Waals surface area (Å²) < 4.78 is 12.7. The van der Waals surface area contributed by atoms with Gasteiger partial charge in [0, 0.05) is 14.1 Å². The third kappa shape index (κ3) is 2.56. The van der Waals surface area contributed by atoms with Crippen LogP contribution in [-0.4, -0.2) is 25.3 Å². The zero-order valence-electron chi connectivity index (χ0n) is 8.03. The molecule has 0 spiro atoms. The summed E-state index contributed by atoms with van der Waals surface area (Å²) in [5.41, 5.74) is 0.714. The van der Waals surface area contributed by atoms with Crippen LogP contribution >= 0.6 is 0 Å². The van der Waals surface area contributed by atoms with E-state index >= 15 is 0 Å². The molecule has 0 amide bonds. The van der Waals surface area contributed by atoms with Gasteiger partial charge < -0.3 is 4.90 Å². The first-order chi connectivity index (χ1) is 6.63. The summed E-state index contributed by atoms with van der Waals surface area (Å²) in [6, 6.07) is 5.82. The number of hydrogen-bond acceptors (Lipinski definition) is 2. The Balaban J connectivity index is 3.04. The topological polar surface area (TPSA) is 39.4 Å². The van der Waals surface area contributed by atoms with Gasteiger partial charge in [-0.25, -0.2) is 9.38 Å². The van der Waals surface area contributed by atoms with Crippen molar-refractivity contribution in [2.75, 3.05) is 14.1 Å². The Bertz CT molecular complexity index is 391. The molecule has 0 unspecified atom stereocenters. The van der Waals surface area contributed by atoms with Gasteiger partial charge in [-0.05, 0) is 18.2 Å². The monoisotopic (exact) mass is 191 g/mol. The fourth-order valence-corrected chi connectivity index (χ4v) is 0.888. The van der Waals surface area contributed by atoms with Gasteiger partial charge in [0.15, 0.2) is 0 Å². The van der Waals surface area contributed by atoms with Crippen molar-refractivity contribution in [2.45, 2.75) is 0 Å². The minimum atomic E-state index is -0.426. The molecule has 0 aliphatic carbocycles. The molecule has 0 bridgehead atoms. The van der Waals surface area contributed by atoms with Crippen molar-refractivity contribution in [3.63, 3.8) is 0 Å². The molecule has 0 aromatic heterocycles. The first kappa shape index (κ1) is 10.2. The van der Waals surface area contributed by atoms with Crippen molar-refractivity contribution in [1.29, 1.82) is 5.26 Å². The minimum Gasteiger partial charge on any atom is -0.369 e. The van der Waals surface area contributed by atoms with Gasteiger partial charge in [0.2, 0.25) is 0 Å². The average Bonchev–Trinajstić information content (AvgIpc) is 2.15. The zero-order valence-corrected chi connectivity index (χ0v) is 8.03. The van der Waals surface area contributed by atoms with Gasteiger partial charge in [-0.3, -0.25) is 0 Å². The number of rotatable bonds is 2. The van der Waals surface area contributed by atoms with Gasteiger partial charge in [0.25, 0.3) is 0 Å².